The number of carbonyl (C=O) groups excluding carboxylic acids is 1. The molecule has 4 rings (SSSR count). The second-order valence-corrected chi connectivity index (χ2v) is 7.38. The lowest BCUT2D eigenvalue weighted by molar-refractivity contribution is -0.113. The maximum absolute atomic E-state index is 12.8. The summed E-state index contributed by atoms with van der Waals surface area (Å²) in [4.78, 5) is 23.5. The third-order valence-electron chi connectivity index (χ3n) is 3.69. The van der Waals surface area contributed by atoms with E-state index in [4.69, 9.17) is 23.8 Å². The molecule has 1 aliphatic heterocycles. The zero-order valence-electron chi connectivity index (χ0n) is 12.7. The number of thiocarbonyl (C=S) groups is 1. The van der Waals surface area contributed by atoms with Crippen molar-refractivity contribution in [1.82, 2.24) is 9.97 Å². The van der Waals surface area contributed by atoms with Gasteiger partial charge in [0, 0.05) is 23.0 Å². The second kappa shape index (κ2) is 6.55. The number of aromatic nitrogens is 2. The summed E-state index contributed by atoms with van der Waals surface area (Å²) in [5, 5.41) is 0.610. The third kappa shape index (κ3) is 3.04. The van der Waals surface area contributed by atoms with Gasteiger partial charge in [-0.1, -0.05) is 47.7 Å². The van der Waals surface area contributed by atoms with E-state index in [0.29, 0.717) is 19.9 Å². The quantitative estimate of drug-likeness (QED) is 0.474. The van der Waals surface area contributed by atoms with Gasteiger partial charge in [-0.25, -0.2) is 0 Å². The molecule has 0 spiro atoms. The topological polar surface area (TPSA) is 46.1 Å². The smallest absolute Gasteiger partial charge is 0.268 e. The van der Waals surface area contributed by atoms with Crippen LogP contribution in [0.15, 0.2) is 59.8 Å². The van der Waals surface area contributed by atoms with Crippen LogP contribution in [-0.4, -0.2) is 20.2 Å². The summed E-state index contributed by atoms with van der Waals surface area (Å²) in [7, 11) is 0. The van der Waals surface area contributed by atoms with Crippen molar-refractivity contribution in [2.75, 3.05) is 4.90 Å². The molecule has 122 valence electrons. The van der Waals surface area contributed by atoms with E-state index in [1.54, 1.807) is 36.7 Å². The van der Waals surface area contributed by atoms with Gasteiger partial charge in [0.15, 0.2) is 4.32 Å². The number of hydrogen-bond acceptors (Lipinski definition) is 5. The molecule has 0 radical (unpaired) electrons. The number of hydrogen-bond donors (Lipinski definition) is 0. The Morgan fingerprint density at radius 3 is 2.64 bits per heavy atom. The molecular formula is C18H10ClN3OS2. The minimum Gasteiger partial charge on any atom is -0.268 e. The summed E-state index contributed by atoms with van der Waals surface area (Å²) in [6, 6.07) is 12.7. The van der Waals surface area contributed by atoms with Gasteiger partial charge in [-0.15, -0.1) is 0 Å². The van der Waals surface area contributed by atoms with E-state index in [1.165, 1.54) is 16.7 Å². The Labute approximate surface area is 158 Å². The number of thioether (sulfide) groups is 1. The first-order chi connectivity index (χ1) is 12.1. The summed E-state index contributed by atoms with van der Waals surface area (Å²) in [6.45, 7) is 0. The highest BCUT2D eigenvalue weighted by Gasteiger charge is 2.33. The molecule has 25 heavy (non-hydrogen) atoms. The van der Waals surface area contributed by atoms with Crippen molar-refractivity contribution in [3.63, 3.8) is 0 Å². The third-order valence-corrected chi connectivity index (χ3v) is 5.25. The standard InChI is InChI=1S/C18H10ClN3OS2/c19-12-4-6-13(7-5-12)22-17(23)15(25-18(22)24)10-11-2-1-3-14-16(11)21-9-8-20-14/h1-10H. The van der Waals surface area contributed by atoms with Gasteiger partial charge < -0.3 is 0 Å². The van der Waals surface area contributed by atoms with Crippen LogP contribution in [0.25, 0.3) is 17.1 Å². The van der Waals surface area contributed by atoms with Crippen LogP contribution in [0, 0.1) is 0 Å². The Bertz CT molecular complexity index is 1030. The number of rotatable bonds is 2. The van der Waals surface area contributed by atoms with Gasteiger partial charge in [0.25, 0.3) is 5.91 Å². The van der Waals surface area contributed by atoms with Gasteiger partial charge >= 0.3 is 0 Å². The van der Waals surface area contributed by atoms with E-state index in [9.17, 15) is 4.79 Å². The highest BCUT2D eigenvalue weighted by atomic mass is 35.5. The van der Waals surface area contributed by atoms with E-state index >= 15 is 0 Å². The molecule has 7 heteroatoms. The Hall–Kier alpha value is -2.28. The fraction of sp³-hybridized carbons (Fsp3) is 0. The molecule has 0 atom stereocenters. The average molecular weight is 384 g/mol. The maximum atomic E-state index is 12.8. The summed E-state index contributed by atoms with van der Waals surface area (Å²) in [5.41, 5.74) is 3.07. The largest absolute Gasteiger partial charge is 0.270 e. The first kappa shape index (κ1) is 16.2. The number of benzene rings is 2. The first-order valence-electron chi connectivity index (χ1n) is 7.37. The van der Waals surface area contributed by atoms with Crippen LogP contribution >= 0.6 is 35.6 Å². The Morgan fingerprint density at radius 1 is 1.08 bits per heavy atom. The van der Waals surface area contributed by atoms with Crippen LogP contribution < -0.4 is 4.90 Å². The van der Waals surface area contributed by atoms with Gasteiger partial charge in [0.1, 0.15) is 0 Å². The number of para-hydroxylation sites is 1. The zero-order valence-corrected chi connectivity index (χ0v) is 15.1. The Balaban J connectivity index is 1.74. The first-order valence-corrected chi connectivity index (χ1v) is 8.97. The molecule has 3 aromatic rings. The number of amides is 1. The maximum Gasteiger partial charge on any atom is 0.270 e. The van der Waals surface area contributed by atoms with Gasteiger partial charge in [0.2, 0.25) is 0 Å². The van der Waals surface area contributed by atoms with E-state index in [1.807, 2.05) is 24.3 Å². The number of fused-ring (bicyclic) bond motifs is 1. The number of nitrogens with zero attached hydrogens (tertiary/aromatic N) is 3. The molecule has 0 unspecified atom stereocenters. The van der Waals surface area contributed by atoms with Crippen molar-refractivity contribution >= 4 is 68.6 Å². The molecule has 0 aliphatic carbocycles. The minimum absolute atomic E-state index is 0.154. The lowest BCUT2D eigenvalue weighted by atomic mass is 10.1. The van der Waals surface area contributed by atoms with Gasteiger partial charge in [-0.2, -0.15) is 0 Å². The van der Waals surface area contributed by atoms with Crippen LogP contribution in [0.4, 0.5) is 5.69 Å². The molecule has 1 saturated heterocycles. The van der Waals surface area contributed by atoms with Gasteiger partial charge in [-0.05, 0) is 36.4 Å². The predicted molar refractivity (Wildman–Crippen MR) is 107 cm³/mol. The van der Waals surface area contributed by atoms with Crippen molar-refractivity contribution in [3.8, 4) is 0 Å². The fourth-order valence-electron chi connectivity index (χ4n) is 2.55. The van der Waals surface area contributed by atoms with Crippen LogP contribution in [0.1, 0.15) is 5.56 Å². The van der Waals surface area contributed by atoms with E-state index < -0.39 is 0 Å². The summed E-state index contributed by atoms with van der Waals surface area (Å²) >= 11 is 12.6. The van der Waals surface area contributed by atoms with Crippen molar-refractivity contribution in [2.45, 2.75) is 0 Å². The molecule has 2 aromatic carbocycles. The Morgan fingerprint density at radius 2 is 1.84 bits per heavy atom. The number of carbonyl (C=O) groups is 1. The molecule has 0 saturated carbocycles. The van der Waals surface area contributed by atoms with Crippen LogP contribution in [0.5, 0.6) is 0 Å². The summed E-state index contributed by atoms with van der Waals surface area (Å²) in [5.74, 6) is -0.154. The number of halogens is 1. The zero-order chi connectivity index (χ0) is 17.4. The molecule has 0 bridgehead atoms. The minimum atomic E-state index is -0.154. The van der Waals surface area contributed by atoms with E-state index in [2.05, 4.69) is 9.97 Å². The highest BCUT2D eigenvalue weighted by molar-refractivity contribution is 8.27. The van der Waals surface area contributed by atoms with Crippen molar-refractivity contribution in [3.05, 3.63) is 70.3 Å². The summed E-state index contributed by atoms with van der Waals surface area (Å²) < 4.78 is 0.491. The lowest BCUT2D eigenvalue weighted by Gasteiger charge is -2.14. The molecule has 1 aliphatic rings. The molecule has 1 fully saturated rings. The highest BCUT2D eigenvalue weighted by Crippen LogP contribution is 2.36. The van der Waals surface area contributed by atoms with Crippen molar-refractivity contribution in [1.29, 1.82) is 0 Å². The summed E-state index contributed by atoms with van der Waals surface area (Å²) in [6.07, 6.45) is 5.09. The van der Waals surface area contributed by atoms with Crippen molar-refractivity contribution < 1.29 is 4.79 Å². The fourth-order valence-corrected chi connectivity index (χ4v) is 3.97. The normalized spacial score (nSPS) is 16.2. The molecule has 4 nitrogen and oxygen atoms in total. The van der Waals surface area contributed by atoms with Crippen molar-refractivity contribution in [2.24, 2.45) is 0 Å². The molecule has 2 heterocycles. The van der Waals surface area contributed by atoms with Crippen LogP contribution in [0.3, 0.4) is 0 Å². The molecular weight excluding hydrogens is 374 g/mol. The Kier molecular flexibility index (Phi) is 4.25. The second-order valence-electron chi connectivity index (χ2n) is 5.26. The average Bonchev–Trinajstić information content (AvgIpc) is 2.90. The molecule has 1 amide bonds. The lowest BCUT2D eigenvalue weighted by Crippen LogP contribution is -2.27. The van der Waals surface area contributed by atoms with Crippen LogP contribution in [0.2, 0.25) is 5.02 Å². The SMILES string of the molecule is O=C1C(=Cc2cccc3nccnc23)SC(=S)N1c1ccc(Cl)cc1. The predicted octanol–water partition coefficient (Wildman–Crippen LogP) is 4.69. The van der Waals surface area contributed by atoms with E-state index in [-0.39, 0.29) is 5.91 Å². The monoisotopic (exact) mass is 383 g/mol. The number of anilines is 1. The van der Waals surface area contributed by atoms with Gasteiger partial charge in [-0.3, -0.25) is 19.7 Å². The molecule has 1 aromatic heterocycles. The molecule has 0 N–H and O–H groups in total. The van der Waals surface area contributed by atoms with E-state index in [0.717, 1.165) is 16.6 Å². The van der Waals surface area contributed by atoms with Gasteiger partial charge in [0.05, 0.1) is 21.6 Å². The van der Waals surface area contributed by atoms with Crippen LogP contribution in [-0.2, 0) is 4.79 Å².